The minimum Gasteiger partial charge on any atom is -0.373 e. The molecule has 1 aliphatic heterocycles. The highest BCUT2D eigenvalue weighted by atomic mass is 16.3. The van der Waals surface area contributed by atoms with Crippen molar-refractivity contribution in [3.63, 3.8) is 0 Å². The lowest BCUT2D eigenvalue weighted by Gasteiger charge is -2.41. The lowest BCUT2D eigenvalue weighted by Crippen LogP contribution is -2.59. The lowest BCUT2D eigenvalue weighted by atomic mass is 10.0. The van der Waals surface area contributed by atoms with Crippen molar-refractivity contribution in [2.75, 3.05) is 6.54 Å². The molecule has 2 unspecified atom stereocenters. The number of aliphatic hydroxyl groups is 1. The number of aliphatic hydroxyl groups excluding tert-OH is 1. The number of urea groups is 1. The van der Waals surface area contributed by atoms with Gasteiger partial charge in [-0.15, -0.1) is 0 Å². The molecule has 0 spiro atoms. The zero-order chi connectivity index (χ0) is 7.02. The van der Waals surface area contributed by atoms with Crippen LogP contribution in [0.25, 0.3) is 0 Å². The fraction of sp³-hybridized carbons (Fsp3) is 0.800. The van der Waals surface area contributed by atoms with E-state index in [1.807, 2.05) is 6.92 Å². The molecule has 0 aromatic rings. The lowest BCUT2D eigenvalue weighted by molar-refractivity contribution is -0.0878. The Morgan fingerprint density at radius 1 is 1.89 bits per heavy atom. The Hall–Kier alpha value is -0.770. The zero-order valence-electron chi connectivity index (χ0n) is 5.24. The molecule has 1 aliphatic rings. The molecule has 0 aromatic heterocycles. The van der Waals surface area contributed by atoms with Gasteiger partial charge in [0.05, 0.1) is 0 Å². The summed E-state index contributed by atoms with van der Waals surface area (Å²) in [4.78, 5) is 11.6. The fourth-order valence-corrected chi connectivity index (χ4v) is 0.902. The standard InChI is InChI=1S/C5H10N2O2/c1-3-2-7(4(3)8)5(6)9/h3-4,8H,2H2,1H3,(H2,6,9). The average Bonchev–Trinajstić information content (AvgIpc) is 1.81. The van der Waals surface area contributed by atoms with Gasteiger partial charge in [0.15, 0.2) is 0 Å². The maximum absolute atomic E-state index is 10.3. The quantitative estimate of drug-likeness (QED) is 0.457. The summed E-state index contributed by atoms with van der Waals surface area (Å²) in [7, 11) is 0. The monoisotopic (exact) mass is 130 g/mol. The molecule has 1 fully saturated rings. The van der Waals surface area contributed by atoms with Crippen molar-refractivity contribution in [1.29, 1.82) is 0 Å². The van der Waals surface area contributed by atoms with E-state index in [4.69, 9.17) is 10.8 Å². The summed E-state index contributed by atoms with van der Waals surface area (Å²) in [6.45, 7) is 2.45. The molecule has 3 N–H and O–H groups in total. The first-order valence-electron chi connectivity index (χ1n) is 2.87. The van der Waals surface area contributed by atoms with Crippen LogP contribution in [-0.2, 0) is 0 Å². The number of rotatable bonds is 0. The molecule has 0 radical (unpaired) electrons. The second kappa shape index (κ2) is 1.88. The molecule has 52 valence electrons. The van der Waals surface area contributed by atoms with Gasteiger partial charge in [0, 0.05) is 12.5 Å². The number of hydrogen-bond donors (Lipinski definition) is 2. The molecule has 1 rings (SSSR count). The molecule has 0 aromatic carbocycles. The van der Waals surface area contributed by atoms with Gasteiger partial charge in [-0.1, -0.05) is 6.92 Å². The van der Waals surface area contributed by atoms with E-state index < -0.39 is 12.3 Å². The van der Waals surface area contributed by atoms with Crippen LogP contribution >= 0.6 is 0 Å². The summed E-state index contributed by atoms with van der Waals surface area (Å²) >= 11 is 0. The predicted octanol–water partition coefficient (Wildman–Crippen LogP) is -0.665. The first-order chi connectivity index (χ1) is 4.13. The molecule has 2 amide bonds. The summed E-state index contributed by atoms with van der Waals surface area (Å²) in [5, 5.41) is 8.97. The minimum absolute atomic E-state index is 0.178. The van der Waals surface area contributed by atoms with Crippen molar-refractivity contribution in [3.05, 3.63) is 0 Å². The van der Waals surface area contributed by atoms with Crippen LogP contribution in [0.3, 0.4) is 0 Å². The van der Waals surface area contributed by atoms with Gasteiger partial charge < -0.3 is 10.8 Å². The van der Waals surface area contributed by atoms with Crippen molar-refractivity contribution in [1.82, 2.24) is 4.90 Å². The third kappa shape index (κ3) is 0.853. The number of carbonyl (C=O) groups is 1. The maximum Gasteiger partial charge on any atom is 0.316 e. The van der Waals surface area contributed by atoms with E-state index in [-0.39, 0.29) is 5.92 Å². The van der Waals surface area contributed by atoms with E-state index in [1.165, 1.54) is 4.90 Å². The molecular weight excluding hydrogens is 120 g/mol. The van der Waals surface area contributed by atoms with Crippen LogP contribution in [0, 0.1) is 5.92 Å². The molecule has 1 heterocycles. The predicted molar refractivity (Wildman–Crippen MR) is 31.5 cm³/mol. The van der Waals surface area contributed by atoms with E-state index >= 15 is 0 Å². The van der Waals surface area contributed by atoms with E-state index in [2.05, 4.69) is 0 Å². The zero-order valence-corrected chi connectivity index (χ0v) is 5.24. The highest BCUT2D eigenvalue weighted by molar-refractivity contribution is 5.73. The number of hydrogen-bond acceptors (Lipinski definition) is 2. The third-order valence-corrected chi connectivity index (χ3v) is 1.60. The summed E-state index contributed by atoms with van der Waals surface area (Å²) in [5.74, 6) is 0.178. The van der Waals surface area contributed by atoms with Crippen molar-refractivity contribution in [2.24, 2.45) is 11.7 Å². The molecule has 0 bridgehead atoms. The first kappa shape index (κ1) is 6.35. The molecule has 0 aliphatic carbocycles. The largest absolute Gasteiger partial charge is 0.373 e. The van der Waals surface area contributed by atoms with Gasteiger partial charge >= 0.3 is 6.03 Å². The maximum atomic E-state index is 10.3. The van der Waals surface area contributed by atoms with E-state index in [0.29, 0.717) is 6.54 Å². The van der Waals surface area contributed by atoms with Crippen LogP contribution < -0.4 is 5.73 Å². The minimum atomic E-state index is -0.650. The van der Waals surface area contributed by atoms with Crippen molar-refractivity contribution >= 4 is 6.03 Å². The van der Waals surface area contributed by atoms with Crippen LogP contribution in [0.15, 0.2) is 0 Å². The smallest absolute Gasteiger partial charge is 0.316 e. The molecule has 4 nitrogen and oxygen atoms in total. The number of carbonyl (C=O) groups excluding carboxylic acids is 1. The van der Waals surface area contributed by atoms with Crippen LogP contribution in [0.2, 0.25) is 0 Å². The Kier molecular flexibility index (Phi) is 1.32. The Balaban J connectivity index is 2.42. The molecule has 1 saturated heterocycles. The molecule has 0 saturated carbocycles. The molecule has 4 heteroatoms. The van der Waals surface area contributed by atoms with Gasteiger partial charge in [0.1, 0.15) is 6.23 Å². The number of likely N-dealkylation sites (tertiary alicyclic amines) is 1. The first-order valence-corrected chi connectivity index (χ1v) is 2.87. The third-order valence-electron chi connectivity index (χ3n) is 1.60. The van der Waals surface area contributed by atoms with Crippen molar-refractivity contribution in [3.8, 4) is 0 Å². The second-order valence-electron chi connectivity index (χ2n) is 2.38. The average molecular weight is 130 g/mol. The van der Waals surface area contributed by atoms with Gasteiger partial charge in [-0.3, -0.25) is 4.90 Å². The fourth-order valence-electron chi connectivity index (χ4n) is 0.902. The van der Waals surface area contributed by atoms with Crippen LogP contribution in [0.4, 0.5) is 4.79 Å². The summed E-state index contributed by atoms with van der Waals surface area (Å²) in [6.07, 6.45) is -0.650. The van der Waals surface area contributed by atoms with Gasteiger partial charge in [0.25, 0.3) is 0 Å². The Morgan fingerprint density at radius 2 is 2.44 bits per heavy atom. The Bertz CT molecular complexity index is 137. The van der Waals surface area contributed by atoms with Crippen LogP contribution in [-0.4, -0.2) is 28.8 Å². The van der Waals surface area contributed by atoms with E-state index in [9.17, 15) is 4.79 Å². The van der Waals surface area contributed by atoms with E-state index in [0.717, 1.165) is 0 Å². The molecular formula is C5H10N2O2. The molecule has 9 heavy (non-hydrogen) atoms. The highest BCUT2D eigenvalue weighted by Crippen LogP contribution is 2.20. The van der Waals surface area contributed by atoms with Gasteiger partial charge in [0.2, 0.25) is 0 Å². The number of nitrogens with zero attached hydrogens (tertiary/aromatic N) is 1. The Labute approximate surface area is 53.2 Å². The second-order valence-corrected chi connectivity index (χ2v) is 2.38. The summed E-state index contributed by atoms with van der Waals surface area (Å²) in [5.41, 5.74) is 4.88. The highest BCUT2D eigenvalue weighted by Gasteiger charge is 2.36. The normalized spacial score (nSPS) is 33.8. The number of nitrogens with two attached hydrogens (primary N) is 1. The summed E-state index contributed by atoms with van der Waals surface area (Å²) < 4.78 is 0. The van der Waals surface area contributed by atoms with Crippen LogP contribution in [0.5, 0.6) is 0 Å². The Morgan fingerprint density at radius 3 is 2.56 bits per heavy atom. The topological polar surface area (TPSA) is 66.6 Å². The van der Waals surface area contributed by atoms with Crippen molar-refractivity contribution in [2.45, 2.75) is 13.2 Å². The van der Waals surface area contributed by atoms with E-state index in [1.54, 1.807) is 0 Å². The summed E-state index contributed by atoms with van der Waals surface area (Å²) in [6, 6.07) is -0.541. The van der Waals surface area contributed by atoms with Gasteiger partial charge in [-0.05, 0) is 0 Å². The van der Waals surface area contributed by atoms with Gasteiger partial charge in [-0.2, -0.15) is 0 Å². The molecule has 2 atom stereocenters. The number of primary amides is 1. The van der Waals surface area contributed by atoms with Gasteiger partial charge in [-0.25, -0.2) is 4.79 Å². The van der Waals surface area contributed by atoms with Crippen LogP contribution in [0.1, 0.15) is 6.92 Å². The SMILES string of the molecule is CC1CN(C(N)=O)C1O. The number of amides is 2. The van der Waals surface area contributed by atoms with Crippen molar-refractivity contribution < 1.29 is 9.90 Å².